The first kappa shape index (κ1) is 22.7. The van der Waals surface area contributed by atoms with Crippen molar-refractivity contribution in [2.45, 2.75) is 13.0 Å². The monoisotopic (exact) mass is 494 g/mol. The maximum atomic E-state index is 13.7. The van der Waals surface area contributed by atoms with Gasteiger partial charge in [0, 0.05) is 19.7 Å². The smallest absolute Gasteiger partial charge is 0.331 e. The van der Waals surface area contributed by atoms with E-state index < -0.39 is 11.7 Å². The molecule has 0 saturated heterocycles. The Bertz CT molecular complexity index is 1830. The molecular formula is C29H26N4O4. The lowest BCUT2D eigenvalue weighted by molar-refractivity contribution is 0.415. The Kier molecular flexibility index (Phi) is 5.01. The van der Waals surface area contributed by atoms with E-state index in [4.69, 9.17) is 4.74 Å². The first-order chi connectivity index (χ1) is 17.8. The Morgan fingerprint density at radius 1 is 0.946 bits per heavy atom. The summed E-state index contributed by atoms with van der Waals surface area (Å²) in [5.41, 5.74) is 5.17. The number of phenols is 1. The van der Waals surface area contributed by atoms with E-state index in [-0.39, 0.29) is 11.3 Å². The summed E-state index contributed by atoms with van der Waals surface area (Å²) in [5, 5.41) is 15.0. The molecule has 5 aromatic rings. The number of aryl methyl sites for hydroxylation is 2. The van der Waals surface area contributed by atoms with Crippen LogP contribution >= 0.6 is 0 Å². The average molecular weight is 495 g/mol. The third-order valence-corrected chi connectivity index (χ3v) is 7.19. The van der Waals surface area contributed by atoms with Crippen LogP contribution in [0.1, 0.15) is 22.9 Å². The lowest BCUT2D eigenvalue weighted by Gasteiger charge is -2.31. The molecule has 3 heterocycles. The van der Waals surface area contributed by atoms with Crippen molar-refractivity contribution >= 4 is 16.6 Å². The van der Waals surface area contributed by atoms with Crippen molar-refractivity contribution in [3.8, 4) is 28.4 Å². The summed E-state index contributed by atoms with van der Waals surface area (Å²) >= 11 is 0. The van der Waals surface area contributed by atoms with Gasteiger partial charge in [0.15, 0.2) is 0 Å². The van der Waals surface area contributed by atoms with E-state index in [2.05, 4.69) is 5.32 Å². The second kappa shape index (κ2) is 8.16. The number of aromatic nitrogens is 3. The van der Waals surface area contributed by atoms with Gasteiger partial charge < -0.3 is 19.7 Å². The van der Waals surface area contributed by atoms with Gasteiger partial charge in [0.2, 0.25) is 0 Å². The SMILES string of the molecule is COc1ccc(-c2c3c(=O)n(C)c(=O)n(C)c3c3n2-c2ccccc2N[C@H]3c2ccc(C)cc2O)cc1. The standard InChI is InChI=1S/C29H26N4O4/c1-16-9-14-19(22(34)15-16)24-27-26-23(28(35)32(3)29(36)31(26)2)25(17-10-12-18(37-4)13-11-17)33(27)21-8-6-5-7-20(21)30-24/h5-15,24,30,34H,1-4H3/t24-/m0/s1. The van der Waals surface area contributed by atoms with Crippen LogP contribution < -0.4 is 21.3 Å². The van der Waals surface area contributed by atoms with Crippen LogP contribution in [0, 0.1) is 6.92 Å². The number of aromatic hydroxyl groups is 1. The molecule has 8 heteroatoms. The van der Waals surface area contributed by atoms with Gasteiger partial charge in [0.1, 0.15) is 11.5 Å². The van der Waals surface area contributed by atoms with Gasteiger partial charge >= 0.3 is 5.69 Å². The molecule has 0 spiro atoms. The number of benzene rings is 3. The minimum Gasteiger partial charge on any atom is -0.508 e. The Balaban J connectivity index is 1.84. The van der Waals surface area contributed by atoms with Crippen LogP contribution in [-0.4, -0.2) is 25.9 Å². The second-order valence-corrected chi connectivity index (χ2v) is 9.38. The fraction of sp³-hybridized carbons (Fsp3) is 0.172. The van der Waals surface area contributed by atoms with E-state index >= 15 is 0 Å². The zero-order chi connectivity index (χ0) is 26.0. The zero-order valence-corrected chi connectivity index (χ0v) is 20.9. The third-order valence-electron chi connectivity index (χ3n) is 7.19. The van der Waals surface area contributed by atoms with Crippen molar-refractivity contribution in [3.05, 3.63) is 104 Å². The highest BCUT2D eigenvalue weighted by Crippen LogP contribution is 2.46. The summed E-state index contributed by atoms with van der Waals surface area (Å²) < 4.78 is 10.1. The first-order valence-corrected chi connectivity index (χ1v) is 12.0. The molecule has 1 atom stereocenters. The number of para-hydroxylation sites is 2. The molecule has 8 nitrogen and oxygen atoms in total. The zero-order valence-electron chi connectivity index (χ0n) is 20.9. The number of hydrogen-bond donors (Lipinski definition) is 2. The number of anilines is 1. The van der Waals surface area contributed by atoms with Crippen molar-refractivity contribution in [3.63, 3.8) is 0 Å². The van der Waals surface area contributed by atoms with Crippen molar-refractivity contribution in [1.82, 2.24) is 13.7 Å². The summed E-state index contributed by atoms with van der Waals surface area (Å²) in [5.74, 6) is 0.834. The fourth-order valence-corrected chi connectivity index (χ4v) is 5.37. The Labute approximate surface area is 212 Å². The van der Waals surface area contributed by atoms with Crippen molar-refractivity contribution in [1.29, 1.82) is 0 Å². The van der Waals surface area contributed by atoms with E-state index in [9.17, 15) is 14.7 Å². The second-order valence-electron chi connectivity index (χ2n) is 9.38. The lowest BCUT2D eigenvalue weighted by Crippen LogP contribution is -2.37. The molecular weight excluding hydrogens is 468 g/mol. The van der Waals surface area contributed by atoms with Gasteiger partial charge in [0.05, 0.1) is 46.8 Å². The molecule has 2 aromatic heterocycles. The van der Waals surface area contributed by atoms with Gasteiger partial charge in [-0.1, -0.05) is 24.3 Å². The molecule has 3 aromatic carbocycles. The van der Waals surface area contributed by atoms with Crippen molar-refractivity contribution in [2.24, 2.45) is 14.1 Å². The number of rotatable bonds is 3. The molecule has 0 aliphatic carbocycles. The van der Waals surface area contributed by atoms with E-state index in [1.165, 1.54) is 11.6 Å². The number of fused-ring (bicyclic) bond motifs is 5. The highest BCUT2D eigenvalue weighted by molar-refractivity contribution is 5.99. The minimum absolute atomic E-state index is 0.137. The molecule has 0 amide bonds. The highest BCUT2D eigenvalue weighted by Gasteiger charge is 2.35. The average Bonchev–Trinajstić information content (AvgIpc) is 3.27. The number of methoxy groups -OCH3 is 1. The number of ether oxygens (including phenoxy) is 1. The van der Waals surface area contributed by atoms with E-state index in [1.54, 1.807) is 20.2 Å². The van der Waals surface area contributed by atoms with Gasteiger partial charge in [-0.05, 0) is 60.5 Å². The topological polar surface area (TPSA) is 90.4 Å². The molecule has 0 fully saturated rings. The predicted molar refractivity (Wildman–Crippen MR) is 144 cm³/mol. The molecule has 1 aliphatic rings. The molecule has 0 unspecified atom stereocenters. The molecule has 2 N–H and O–H groups in total. The number of nitrogens with zero attached hydrogens (tertiary/aromatic N) is 3. The van der Waals surface area contributed by atoms with Crippen LogP contribution in [0.5, 0.6) is 11.5 Å². The van der Waals surface area contributed by atoms with Crippen molar-refractivity contribution < 1.29 is 9.84 Å². The van der Waals surface area contributed by atoms with Crippen LogP contribution in [0.3, 0.4) is 0 Å². The Morgan fingerprint density at radius 3 is 2.38 bits per heavy atom. The maximum absolute atomic E-state index is 13.7. The molecule has 186 valence electrons. The molecule has 1 aliphatic heterocycles. The van der Waals surface area contributed by atoms with Gasteiger partial charge in [-0.2, -0.15) is 0 Å². The molecule has 37 heavy (non-hydrogen) atoms. The third kappa shape index (κ3) is 3.22. The van der Waals surface area contributed by atoms with Gasteiger partial charge in [-0.25, -0.2) is 4.79 Å². The summed E-state index contributed by atoms with van der Waals surface area (Å²) in [6.07, 6.45) is 0. The molecule has 6 rings (SSSR count). The normalized spacial score (nSPS) is 14.2. The van der Waals surface area contributed by atoms with Crippen LogP contribution in [0.25, 0.3) is 27.8 Å². The van der Waals surface area contributed by atoms with Gasteiger partial charge in [-0.15, -0.1) is 0 Å². The van der Waals surface area contributed by atoms with Gasteiger partial charge in [0.25, 0.3) is 5.56 Å². The van der Waals surface area contributed by atoms with Crippen molar-refractivity contribution in [2.75, 3.05) is 12.4 Å². The molecule has 0 radical (unpaired) electrons. The van der Waals surface area contributed by atoms with Crippen LogP contribution in [0.4, 0.5) is 5.69 Å². The number of hydrogen-bond acceptors (Lipinski definition) is 5. The lowest BCUT2D eigenvalue weighted by atomic mass is 9.97. The van der Waals surface area contributed by atoms with E-state index in [0.717, 1.165) is 27.1 Å². The Hall–Kier alpha value is -4.72. The maximum Gasteiger partial charge on any atom is 0.331 e. The quantitative estimate of drug-likeness (QED) is 0.392. The minimum atomic E-state index is -0.525. The number of nitrogens with one attached hydrogen (secondary N) is 1. The van der Waals surface area contributed by atoms with E-state index in [1.807, 2.05) is 72.2 Å². The van der Waals surface area contributed by atoms with Crippen LogP contribution in [0.2, 0.25) is 0 Å². The fourth-order valence-electron chi connectivity index (χ4n) is 5.37. The Morgan fingerprint density at radius 2 is 1.68 bits per heavy atom. The van der Waals surface area contributed by atoms with Crippen LogP contribution in [-0.2, 0) is 14.1 Å². The summed E-state index contributed by atoms with van der Waals surface area (Å²) in [6, 6.07) is 20.4. The number of phenolic OH excluding ortho intramolecular Hbond substituents is 1. The summed E-state index contributed by atoms with van der Waals surface area (Å²) in [7, 11) is 4.78. The van der Waals surface area contributed by atoms with E-state index in [0.29, 0.717) is 33.6 Å². The largest absolute Gasteiger partial charge is 0.508 e. The predicted octanol–water partition coefficient (Wildman–Crippen LogP) is 4.23. The summed E-state index contributed by atoms with van der Waals surface area (Å²) in [6.45, 7) is 1.92. The molecule has 0 saturated carbocycles. The summed E-state index contributed by atoms with van der Waals surface area (Å²) in [4.78, 5) is 26.9. The van der Waals surface area contributed by atoms with Crippen LogP contribution in [0.15, 0.2) is 76.3 Å². The van der Waals surface area contributed by atoms with Gasteiger partial charge in [-0.3, -0.25) is 13.9 Å². The first-order valence-electron chi connectivity index (χ1n) is 12.0. The highest BCUT2D eigenvalue weighted by atomic mass is 16.5. The molecule has 0 bridgehead atoms.